The summed E-state index contributed by atoms with van der Waals surface area (Å²) in [5, 5.41) is 18.3. The number of alkyl halides is 1. The number of rotatable bonds is 17. The highest BCUT2D eigenvalue weighted by Crippen LogP contribution is 2.35. The molecule has 4 aliphatic heterocycles. The monoisotopic (exact) mass is 1170 g/mol. The number of aliphatic hydroxyl groups is 1. The average Bonchev–Trinajstić information content (AvgIpc) is 3.92. The predicted octanol–water partition coefficient (Wildman–Crippen LogP) is 7.02. The second kappa shape index (κ2) is 24.7. The number of nitrogens with zero attached hydrogens (tertiary/aromatic N) is 8. The third-order valence-corrected chi connectivity index (χ3v) is 18.1. The van der Waals surface area contributed by atoms with Crippen molar-refractivity contribution in [3.05, 3.63) is 118 Å². The summed E-state index contributed by atoms with van der Waals surface area (Å²) in [4.78, 5) is 76.9. The summed E-state index contributed by atoms with van der Waals surface area (Å²) in [6, 6.07) is 15.8. The summed E-state index contributed by atoms with van der Waals surface area (Å²) >= 11 is -1.25. The SMILES string of the molecule is Cc1cc(-c2scnc2C)ccc1CNC(=O)[C@@H]1C[C@@H](O)CN1C(=O)[C@@H](NC(=O)CN1CCC(CN2CCN(c3ccc(-c4cnc5[nH]cc(C(=O)c6c(F)ccc(N(N7CC[C@@H](F)C7)S(=O)O)c6F)c5c4)cc3)CC2)CC1)C(C)(C)C. The Kier molecular flexibility index (Phi) is 17.6. The number of pyridine rings is 1. The number of β-amino-alcohol motifs (C(OH)–C–C–N with tert-alkyl or cyclic N) is 1. The predicted molar refractivity (Wildman–Crippen MR) is 310 cm³/mol. The largest absolute Gasteiger partial charge is 0.391 e. The van der Waals surface area contributed by atoms with Gasteiger partial charge in [-0.05, 0) is 110 Å². The molecule has 0 spiro atoms. The van der Waals surface area contributed by atoms with Crippen LogP contribution in [0.5, 0.6) is 0 Å². The first-order valence-electron chi connectivity index (χ1n) is 27.9. The number of nitrogens with one attached hydrogen (secondary N) is 3. The van der Waals surface area contributed by atoms with E-state index in [1.54, 1.807) is 23.6 Å². The number of H-pyrrole nitrogens is 1. The lowest BCUT2D eigenvalue weighted by Gasteiger charge is -2.40. The second-order valence-electron chi connectivity index (χ2n) is 23.2. The van der Waals surface area contributed by atoms with E-state index in [9.17, 15) is 37.4 Å². The maximum Gasteiger partial charge on any atom is 0.277 e. The molecule has 436 valence electrons. The molecule has 18 nitrogen and oxygen atoms in total. The van der Waals surface area contributed by atoms with E-state index in [4.69, 9.17) is 0 Å². The van der Waals surface area contributed by atoms with Crippen molar-refractivity contribution in [3.63, 3.8) is 0 Å². The number of hydrogen-bond donors (Lipinski definition) is 5. The van der Waals surface area contributed by atoms with Gasteiger partial charge >= 0.3 is 0 Å². The fraction of sp³-hybridized carbons (Fsp3) is 0.458. The fourth-order valence-corrected chi connectivity index (χ4v) is 13.2. The van der Waals surface area contributed by atoms with Crippen LogP contribution in [-0.2, 0) is 32.2 Å². The molecule has 4 fully saturated rings. The lowest BCUT2D eigenvalue weighted by atomic mass is 9.85. The Morgan fingerprint density at radius 2 is 1.62 bits per heavy atom. The Hall–Kier alpha value is -6.60. The van der Waals surface area contributed by atoms with Crippen LogP contribution >= 0.6 is 11.3 Å². The van der Waals surface area contributed by atoms with Crippen LogP contribution < -0.4 is 19.9 Å². The number of benzene rings is 3. The third-order valence-electron chi connectivity index (χ3n) is 16.4. The number of thiazole rings is 1. The van der Waals surface area contributed by atoms with Gasteiger partial charge in [0.15, 0.2) is 5.82 Å². The third kappa shape index (κ3) is 12.8. The summed E-state index contributed by atoms with van der Waals surface area (Å²) in [6.07, 6.45) is 2.83. The smallest absolute Gasteiger partial charge is 0.277 e. The zero-order chi connectivity index (χ0) is 58.1. The van der Waals surface area contributed by atoms with Crippen molar-refractivity contribution >= 4 is 68.5 Å². The Morgan fingerprint density at radius 1 is 0.890 bits per heavy atom. The minimum Gasteiger partial charge on any atom is -0.391 e. The number of likely N-dealkylation sites (tertiary alicyclic amines) is 2. The van der Waals surface area contributed by atoms with Gasteiger partial charge in [-0.3, -0.25) is 33.5 Å². The molecule has 0 saturated carbocycles. The number of aromatic nitrogens is 3. The van der Waals surface area contributed by atoms with Crippen LogP contribution in [0.15, 0.2) is 78.6 Å². The van der Waals surface area contributed by atoms with Gasteiger partial charge in [-0.15, -0.1) is 11.3 Å². The fourth-order valence-electron chi connectivity index (χ4n) is 11.8. The van der Waals surface area contributed by atoms with Gasteiger partial charge < -0.3 is 30.5 Å². The van der Waals surface area contributed by atoms with Crippen LogP contribution in [0.25, 0.3) is 32.6 Å². The summed E-state index contributed by atoms with van der Waals surface area (Å²) in [5.41, 5.74) is 6.49. The van der Waals surface area contributed by atoms with Gasteiger partial charge in [0.2, 0.25) is 23.5 Å². The Labute approximate surface area is 481 Å². The van der Waals surface area contributed by atoms with Crippen LogP contribution in [-0.4, -0.2) is 168 Å². The highest BCUT2D eigenvalue weighted by molar-refractivity contribution is 7.80. The number of fused-ring (bicyclic) bond motifs is 1. The van der Waals surface area contributed by atoms with Gasteiger partial charge in [-0.25, -0.2) is 32.4 Å². The van der Waals surface area contributed by atoms with Gasteiger partial charge in [-0.1, -0.05) is 51.1 Å². The topological polar surface area (TPSA) is 211 Å². The Bertz CT molecular complexity index is 3360. The lowest BCUT2D eigenvalue weighted by molar-refractivity contribution is -0.144. The minimum absolute atomic E-state index is 0.000227. The highest BCUT2D eigenvalue weighted by Gasteiger charge is 2.45. The van der Waals surface area contributed by atoms with Crippen LogP contribution in [0.4, 0.5) is 24.5 Å². The van der Waals surface area contributed by atoms with Gasteiger partial charge in [0.25, 0.3) is 11.3 Å². The van der Waals surface area contributed by atoms with E-state index in [0.29, 0.717) is 26.9 Å². The number of ketones is 1. The second-order valence-corrected chi connectivity index (χ2v) is 24.8. The number of amides is 3. The minimum atomic E-state index is -2.83. The van der Waals surface area contributed by atoms with Crippen LogP contribution in [0.3, 0.4) is 0 Å². The number of aromatic amines is 1. The van der Waals surface area contributed by atoms with Crippen LogP contribution in [0.1, 0.15) is 79.2 Å². The lowest BCUT2D eigenvalue weighted by Crippen LogP contribution is -2.59. The number of aryl methyl sites for hydroxylation is 2. The first kappa shape index (κ1) is 58.6. The molecule has 0 radical (unpaired) electrons. The maximum atomic E-state index is 16.1. The molecule has 5 N–H and O–H groups in total. The standard InChI is InChI=1S/C59H70F3N11O7S2/c1-35-24-39(54-36(2)66-34-81-54)6-7-40(35)27-65-57(77)49-26-44(74)32-72(49)58(78)55(59(3,4)5)67-50(75)33-68-17-14-37(15-18-68)30-69-20-22-70(23-21-69)43-10-8-38(9-11-43)41-25-45-46(29-64-56(45)63-28-41)53(76)51-47(61)12-13-48(52(51)62)73(82(79)80)71-19-16-42(60)31-71/h6-13,24-25,28-29,34,37,42,44,49,55,74H,14-23,26-27,30-33H2,1-5H3,(H,63,64)(H,65,77)(H,67,75)(H,79,80)/t42-,44-,49+,55-/m1/s1. The van der Waals surface area contributed by atoms with Crippen LogP contribution in [0.2, 0.25) is 0 Å². The number of carbonyl (C=O) groups excluding carboxylic acids is 4. The van der Waals surface area contributed by atoms with E-state index in [2.05, 4.69) is 46.4 Å². The molecule has 3 aromatic heterocycles. The average molecular weight is 1170 g/mol. The maximum absolute atomic E-state index is 16.1. The quantitative estimate of drug-likeness (QED) is 0.0460. The van der Waals surface area contributed by atoms with Crippen molar-refractivity contribution in [3.8, 4) is 21.6 Å². The Morgan fingerprint density at radius 3 is 2.28 bits per heavy atom. The molecule has 4 saturated heterocycles. The van der Waals surface area contributed by atoms with Crippen molar-refractivity contribution in [1.82, 2.24) is 45.3 Å². The van der Waals surface area contributed by atoms with Gasteiger partial charge in [0.1, 0.15) is 35.4 Å². The molecular formula is C59H70F3N11O7S2. The molecular weight excluding hydrogens is 1100 g/mol. The van der Waals surface area contributed by atoms with Gasteiger partial charge in [0.05, 0.1) is 40.8 Å². The summed E-state index contributed by atoms with van der Waals surface area (Å²) in [5.74, 6) is -4.04. The van der Waals surface area contributed by atoms with Crippen LogP contribution in [0, 0.1) is 36.8 Å². The highest BCUT2D eigenvalue weighted by atomic mass is 32.2. The zero-order valence-corrected chi connectivity index (χ0v) is 48.3. The molecule has 4 aliphatic rings. The molecule has 5 atom stereocenters. The summed E-state index contributed by atoms with van der Waals surface area (Å²) in [7, 11) is 0. The molecule has 3 amide bonds. The molecule has 1 unspecified atom stereocenters. The number of carbonyl (C=O) groups is 4. The molecule has 23 heteroatoms. The molecule has 10 rings (SSSR count). The van der Waals surface area contributed by atoms with Crippen molar-refractivity contribution in [1.29, 1.82) is 0 Å². The van der Waals surface area contributed by atoms with Crippen molar-refractivity contribution in [2.45, 2.75) is 91.2 Å². The molecule has 3 aromatic carbocycles. The van der Waals surface area contributed by atoms with Gasteiger partial charge in [0, 0.05) is 93.4 Å². The van der Waals surface area contributed by atoms with E-state index in [1.165, 1.54) is 11.1 Å². The number of halogens is 3. The Balaban J connectivity index is 0.685. The number of anilines is 2. The number of aliphatic hydroxyl groups excluding tert-OH is 1. The van der Waals surface area contributed by atoms with Crippen molar-refractivity contribution in [2.24, 2.45) is 11.3 Å². The van der Waals surface area contributed by atoms with E-state index < -0.39 is 75.6 Å². The first-order chi connectivity index (χ1) is 39.2. The molecule has 0 aliphatic carbocycles. The number of hydrazine groups is 1. The molecule has 82 heavy (non-hydrogen) atoms. The number of hydrogen-bond acceptors (Lipinski definition) is 13. The first-order valence-corrected chi connectivity index (χ1v) is 29.8. The van der Waals surface area contributed by atoms with E-state index >= 15 is 8.78 Å². The number of piperidine rings is 1. The normalized spacial score (nSPS) is 20.3. The van der Waals surface area contributed by atoms with Crippen molar-refractivity contribution in [2.75, 3.05) is 81.3 Å². The summed E-state index contributed by atoms with van der Waals surface area (Å²) in [6.45, 7) is 15.7. The molecule has 7 heterocycles. The zero-order valence-electron chi connectivity index (χ0n) is 46.7. The van der Waals surface area contributed by atoms with Crippen molar-refractivity contribution < 1.29 is 46.2 Å². The van der Waals surface area contributed by atoms with Gasteiger partial charge in [-0.2, -0.15) is 4.41 Å². The number of piperazine rings is 1. The molecule has 6 aromatic rings. The molecule has 0 bridgehead atoms. The van der Waals surface area contributed by atoms with E-state index in [-0.39, 0.29) is 62.9 Å². The van der Waals surface area contributed by atoms with E-state index in [1.807, 2.05) is 76.5 Å². The van der Waals surface area contributed by atoms with E-state index in [0.717, 1.165) is 114 Å². The summed E-state index contributed by atoms with van der Waals surface area (Å²) < 4.78 is 68.5.